The summed E-state index contributed by atoms with van der Waals surface area (Å²) in [5.74, 6) is -0.991. The molecule has 9 nitrogen and oxygen atoms in total. The van der Waals surface area contributed by atoms with Crippen molar-refractivity contribution in [2.45, 2.75) is 65.7 Å². The zero-order valence-corrected chi connectivity index (χ0v) is 25.8. The van der Waals surface area contributed by atoms with Crippen LogP contribution in [0.2, 0.25) is 0 Å². The number of aromatic carboxylic acids is 1. The second kappa shape index (κ2) is 14.6. The maximum Gasteiger partial charge on any atom is 1.00 e. The van der Waals surface area contributed by atoms with E-state index >= 15 is 0 Å². The number of carboxylic acids is 1. The molecule has 2 aromatic carbocycles. The minimum atomic E-state index is -1.43. The maximum absolute atomic E-state index is 13.3. The van der Waals surface area contributed by atoms with E-state index in [1.54, 1.807) is 37.8 Å². The molecule has 0 bridgehead atoms. The maximum atomic E-state index is 13.3. The molecule has 1 aliphatic rings. The van der Waals surface area contributed by atoms with Gasteiger partial charge in [-0.25, -0.2) is 9.59 Å². The summed E-state index contributed by atoms with van der Waals surface area (Å²) in [5.41, 5.74) is 0.310. The fourth-order valence-electron chi connectivity index (χ4n) is 4.10. The molecule has 0 atom stereocenters. The fourth-order valence-corrected chi connectivity index (χ4v) is 4.10. The molecule has 206 valence electrons. The SMILES string of the molecule is CC(C)COC(=O)N(c1ccc(OCc2ccccc2)cc1C(=O)[O-])C1CCN(C(=O)OC(C)(C)C)CC1.[Na+]. The summed E-state index contributed by atoms with van der Waals surface area (Å²) in [6.45, 7) is 10.4. The van der Waals surface area contributed by atoms with Gasteiger partial charge in [0.25, 0.3) is 0 Å². The quantitative estimate of drug-likeness (QED) is 0.462. The van der Waals surface area contributed by atoms with Gasteiger partial charge < -0.3 is 29.0 Å². The number of benzene rings is 2. The van der Waals surface area contributed by atoms with Crippen molar-refractivity contribution in [2.75, 3.05) is 24.6 Å². The van der Waals surface area contributed by atoms with Crippen molar-refractivity contribution in [3.63, 3.8) is 0 Å². The van der Waals surface area contributed by atoms with E-state index in [2.05, 4.69) is 0 Å². The Morgan fingerprint density at radius 2 is 1.69 bits per heavy atom. The zero-order chi connectivity index (χ0) is 27.9. The molecule has 0 unspecified atom stereocenters. The molecule has 2 aromatic rings. The van der Waals surface area contributed by atoms with Gasteiger partial charge in [-0.2, -0.15) is 0 Å². The average Bonchev–Trinajstić information content (AvgIpc) is 2.86. The molecule has 1 heterocycles. The van der Waals surface area contributed by atoms with Gasteiger partial charge in [-0.05, 0) is 63.3 Å². The summed E-state index contributed by atoms with van der Waals surface area (Å²) >= 11 is 0. The van der Waals surface area contributed by atoms with Crippen molar-refractivity contribution in [2.24, 2.45) is 5.92 Å². The molecule has 0 saturated carbocycles. The number of carbonyl (C=O) groups excluding carboxylic acids is 3. The van der Waals surface area contributed by atoms with E-state index in [4.69, 9.17) is 14.2 Å². The molecule has 0 spiro atoms. The van der Waals surface area contributed by atoms with Crippen LogP contribution in [0.25, 0.3) is 0 Å². The van der Waals surface area contributed by atoms with E-state index in [1.807, 2.05) is 44.2 Å². The summed E-state index contributed by atoms with van der Waals surface area (Å²) in [6, 6.07) is 13.7. The average molecular weight is 549 g/mol. The van der Waals surface area contributed by atoms with Crippen LogP contribution in [0.15, 0.2) is 48.5 Å². The third-order valence-corrected chi connectivity index (χ3v) is 5.91. The van der Waals surface area contributed by atoms with Crippen LogP contribution in [-0.4, -0.2) is 54.4 Å². The molecule has 10 heteroatoms. The Labute approximate surface area is 252 Å². The number of hydrogen-bond donors (Lipinski definition) is 0. The summed E-state index contributed by atoms with van der Waals surface area (Å²) in [6.07, 6.45) is -0.209. The normalized spacial score (nSPS) is 13.8. The van der Waals surface area contributed by atoms with E-state index in [1.165, 1.54) is 11.0 Å². The van der Waals surface area contributed by atoms with E-state index in [0.29, 0.717) is 31.7 Å². The minimum Gasteiger partial charge on any atom is -0.545 e. The predicted molar refractivity (Wildman–Crippen MR) is 141 cm³/mol. The smallest absolute Gasteiger partial charge is 0.545 e. The first kappa shape index (κ1) is 32.5. The standard InChI is InChI=1S/C29H38N2O7.Na/c1-20(2)18-37-28(35)31(22-13-15-30(16-14-22)27(34)38-29(3,4)5)25-12-11-23(17-24(25)26(32)33)36-19-21-9-7-6-8-10-21;/h6-12,17,20,22H,13-16,18-19H2,1-5H3,(H,32,33);/q;+1/p-1. The molecule has 1 aliphatic heterocycles. The first-order valence-electron chi connectivity index (χ1n) is 12.9. The number of ether oxygens (including phenoxy) is 3. The number of nitrogens with zero attached hydrogens (tertiary/aromatic N) is 2. The molecule has 39 heavy (non-hydrogen) atoms. The first-order valence-corrected chi connectivity index (χ1v) is 12.9. The van der Waals surface area contributed by atoms with Gasteiger partial charge in [-0.3, -0.25) is 4.90 Å². The molecule has 2 amide bonds. The Kier molecular flexibility index (Phi) is 12.1. The topological polar surface area (TPSA) is 108 Å². The Morgan fingerprint density at radius 3 is 2.26 bits per heavy atom. The monoisotopic (exact) mass is 548 g/mol. The van der Waals surface area contributed by atoms with Gasteiger partial charge in [0.2, 0.25) is 0 Å². The van der Waals surface area contributed by atoms with E-state index in [0.717, 1.165) is 5.56 Å². The molecule has 0 radical (unpaired) electrons. The number of amides is 2. The second-order valence-corrected chi connectivity index (χ2v) is 10.8. The molecule has 0 N–H and O–H groups in total. The van der Waals surface area contributed by atoms with Gasteiger partial charge in [0, 0.05) is 24.7 Å². The first-order chi connectivity index (χ1) is 17.9. The molecule has 1 saturated heterocycles. The van der Waals surface area contributed by atoms with Crippen LogP contribution in [0.4, 0.5) is 15.3 Å². The third kappa shape index (κ3) is 9.74. The van der Waals surface area contributed by atoms with Crippen LogP contribution < -0.4 is 44.3 Å². The van der Waals surface area contributed by atoms with Gasteiger partial charge >= 0.3 is 41.7 Å². The molecular formula is C29H37N2NaO7. The summed E-state index contributed by atoms with van der Waals surface area (Å²) in [5, 5.41) is 12.2. The van der Waals surface area contributed by atoms with Gasteiger partial charge in [-0.1, -0.05) is 44.2 Å². The summed E-state index contributed by atoms with van der Waals surface area (Å²) in [4.78, 5) is 40.9. The predicted octanol–water partition coefficient (Wildman–Crippen LogP) is 1.63. The van der Waals surface area contributed by atoms with Crippen LogP contribution in [-0.2, 0) is 16.1 Å². The molecule has 0 aromatic heterocycles. The number of anilines is 1. The second-order valence-electron chi connectivity index (χ2n) is 10.8. The van der Waals surface area contributed by atoms with Crippen molar-refractivity contribution in [1.82, 2.24) is 4.90 Å². The Hall–Kier alpha value is -2.75. The minimum absolute atomic E-state index is 0. The fraction of sp³-hybridized carbons (Fsp3) is 0.483. The number of rotatable bonds is 8. The van der Waals surface area contributed by atoms with E-state index in [-0.39, 0.29) is 66.0 Å². The summed E-state index contributed by atoms with van der Waals surface area (Å²) < 4.78 is 16.8. The van der Waals surface area contributed by atoms with Crippen molar-refractivity contribution >= 4 is 23.8 Å². The zero-order valence-electron chi connectivity index (χ0n) is 23.8. The Balaban J connectivity index is 0.00000533. The van der Waals surface area contributed by atoms with Crippen molar-refractivity contribution in [3.05, 3.63) is 59.7 Å². The van der Waals surface area contributed by atoms with Crippen molar-refractivity contribution in [1.29, 1.82) is 0 Å². The third-order valence-electron chi connectivity index (χ3n) is 5.91. The molecule has 1 fully saturated rings. The van der Waals surface area contributed by atoms with Crippen LogP contribution in [0.3, 0.4) is 0 Å². The van der Waals surface area contributed by atoms with Crippen LogP contribution >= 0.6 is 0 Å². The van der Waals surface area contributed by atoms with Gasteiger partial charge in [0.1, 0.15) is 18.0 Å². The molecular weight excluding hydrogens is 511 g/mol. The van der Waals surface area contributed by atoms with E-state index in [9.17, 15) is 19.5 Å². The number of carboxylic acid groups (broad SMARTS) is 1. The Morgan fingerprint density at radius 1 is 1.05 bits per heavy atom. The van der Waals surface area contributed by atoms with Crippen molar-refractivity contribution < 1.29 is 63.3 Å². The number of piperidine rings is 1. The largest absolute Gasteiger partial charge is 1.00 e. The Bertz CT molecular complexity index is 1110. The van der Waals surface area contributed by atoms with Gasteiger partial charge in [0.15, 0.2) is 0 Å². The van der Waals surface area contributed by atoms with Crippen LogP contribution in [0, 0.1) is 5.92 Å². The van der Waals surface area contributed by atoms with Crippen LogP contribution in [0.1, 0.15) is 63.4 Å². The number of hydrogen-bond acceptors (Lipinski definition) is 7. The van der Waals surface area contributed by atoms with Gasteiger partial charge in [0.05, 0.1) is 18.3 Å². The number of carbonyl (C=O) groups is 3. The van der Waals surface area contributed by atoms with Gasteiger partial charge in [-0.15, -0.1) is 0 Å². The summed E-state index contributed by atoms with van der Waals surface area (Å²) in [7, 11) is 0. The van der Waals surface area contributed by atoms with Crippen LogP contribution in [0.5, 0.6) is 5.75 Å². The molecule has 3 rings (SSSR count). The van der Waals surface area contributed by atoms with E-state index < -0.39 is 23.8 Å². The number of likely N-dealkylation sites (tertiary alicyclic amines) is 1. The van der Waals surface area contributed by atoms with Crippen molar-refractivity contribution in [3.8, 4) is 5.75 Å². The molecule has 0 aliphatic carbocycles.